The van der Waals surface area contributed by atoms with Crippen molar-refractivity contribution >= 4 is 11.9 Å². The number of hydrogen-bond acceptors (Lipinski definition) is 5. The Bertz CT molecular complexity index is 1120. The fourth-order valence-electron chi connectivity index (χ4n) is 4.62. The monoisotopic (exact) mass is 582 g/mol. The van der Waals surface area contributed by atoms with Crippen molar-refractivity contribution in [3.8, 4) is 5.75 Å². The van der Waals surface area contributed by atoms with E-state index in [1.54, 1.807) is 19.2 Å². The second-order valence-corrected chi connectivity index (χ2v) is 9.23. The molecule has 1 fully saturated rings. The first kappa shape index (κ1) is 32.8. The Morgan fingerprint density at radius 1 is 0.900 bits per heavy atom. The average molecular weight is 583 g/mol. The Labute approximate surface area is 225 Å². The van der Waals surface area contributed by atoms with Gasteiger partial charge in [0.25, 0.3) is 0 Å². The number of benzene rings is 2. The van der Waals surface area contributed by atoms with Gasteiger partial charge in [0.1, 0.15) is 11.6 Å². The van der Waals surface area contributed by atoms with E-state index in [-0.39, 0.29) is 11.4 Å². The lowest BCUT2D eigenvalue weighted by Gasteiger charge is -2.51. The molecule has 2 aliphatic rings. The largest absolute Gasteiger partial charge is 0.497 e. The van der Waals surface area contributed by atoms with E-state index >= 15 is 0 Å². The topological polar surface area (TPSA) is 90.3 Å². The molecule has 0 aliphatic carbocycles. The summed E-state index contributed by atoms with van der Waals surface area (Å²) in [6.45, 7) is 4.11. The van der Waals surface area contributed by atoms with Gasteiger partial charge < -0.3 is 14.9 Å². The molecule has 0 aromatic heterocycles. The molecule has 0 unspecified atom stereocenters. The summed E-state index contributed by atoms with van der Waals surface area (Å²) in [6, 6.07) is 13.5. The maximum atomic E-state index is 13.1. The Hall–Kier alpha value is -3.39. The summed E-state index contributed by atoms with van der Waals surface area (Å²) >= 11 is 0. The number of halogens is 7. The summed E-state index contributed by atoms with van der Waals surface area (Å²) in [5.41, 5.74) is 4.21. The van der Waals surface area contributed by atoms with Crippen LogP contribution in [0.4, 0.5) is 30.7 Å². The quantitative estimate of drug-likeness (QED) is 0.488. The highest BCUT2D eigenvalue weighted by atomic mass is 19.4. The molecule has 2 N–H and O–H groups in total. The van der Waals surface area contributed by atoms with Crippen LogP contribution >= 0.6 is 0 Å². The number of rotatable bonds is 3. The first-order chi connectivity index (χ1) is 18.5. The highest BCUT2D eigenvalue weighted by Gasteiger charge is 2.43. The molecule has 0 atom stereocenters. The first-order valence-corrected chi connectivity index (χ1v) is 12.0. The number of likely N-dealkylation sites (tertiary alicyclic amines) is 1. The third kappa shape index (κ3) is 8.81. The van der Waals surface area contributed by atoms with E-state index in [1.807, 2.05) is 12.1 Å². The summed E-state index contributed by atoms with van der Waals surface area (Å²) in [5, 5.41) is 14.2. The lowest BCUT2D eigenvalue weighted by molar-refractivity contribution is -0.193. The zero-order valence-corrected chi connectivity index (χ0v) is 21.7. The number of nitrogens with zero attached hydrogens (tertiary/aromatic N) is 2. The van der Waals surface area contributed by atoms with Gasteiger partial charge in [-0.25, -0.2) is 14.0 Å². The predicted molar refractivity (Wildman–Crippen MR) is 129 cm³/mol. The van der Waals surface area contributed by atoms with Gasteiger partial charge in [0.15, 0.2) is 0 Å². The summed E-state index contributed by atoms with van der Waals surface area (Å²) in [4.78, 5) is 22.8. The van der Waals surface area contributed by atoms with Gasteiger partial charge >= 0.3 is 24.3 Å². The number of aliphatic carboxylic acids is 2. The molecule has 0 radical (unpaired) electrons. The molecule has 0 amide bonds. The van der Waals surface area contributed by atoms with Crippen molar-refractivity contribution in [3.05, 3.63) is 65.0 Å². The molecular weight excluding hydrogens is 553 g/mol. The van der Waals surface area contributed by atoms with Crippen LogP contribution in [0.3, 0.4) is 0 Å². The van der Waals surface area contributed by atoms with Crippen LogP contribution in [-0.2, 0) is 28.1 Å². The van der Waals surface area contributed by atoms with Crippen molar-refractivity contribution in [1.29, 1.82) is 0 Å². The number of piperidine rings is 1. The van der Waals surface area contributed by atoms with Crippen LogP contribution in [0, 0.1) is 5.82 Å². The molecule has 14 heteroatoms. The van der Waals surface area contributed by atoms with Gasteiger partial charge in [-0.15, -0.1) is 0 Å². The van der Waals surface area contributed by atoms with Gasteiger partial charge in [-0.2, -0.15) is 26.3 Å². The lowest BCUT2D eigenvalue weighted by Crippen LogP contribution is -2.54. The standard InChI is InChI=1S/C22H27FN2O.2C2HF3O2/c1-24-12-9-18-5-8-20(26-2)15-21(18)22(24)10-13-25(14-11-22)16-17-3-6-19(23)7-4-17;2*3-2(4,5)1(6)7/h3-8,15H,9-14,16H2,1-2H3;2*(H,6,7). The number of fused-ring (bicyclic) bond motifs is 2. The first-order valence-electron chi connectivity index (χ1n) is 12.0. The number of hydrogen-bond donors (Lipinski definition) is 2. The molecule has 1 spiro atoms. The number of alkyl halides is 6. The Kier molecular flexibility index (Phi) is 10.9. The third-order valence-electron chi connectivity index (χ3n) is 6.75. The van der Waals surface area contributed by atoms with Crippen LogP contribution in [-0.4, -0.2) is 78.1 Å². The van der Waals surface area contributed by atoms with Crippen LogP contribution in [0.2, 0.25) is 0 Å². The van der Waals surface area contributed by atoms with Crippen molar-refractivity contribution in [2.45, 2.75) is 43.7 Å². The van der Waals surface area contributed by atoms with Gasteiger partial charge in [0.05, 0.1) is 7.11 Å². The highest BCUT2D eigenvalue weighted by Crippen LogP contribution is 2.44. The van der Waals surface area contributed by atoms with E-state index in [2.05, 4.69) is 35.0 Å². The molecule has 7 nitrogen and oxygen atoms in total. The van der Waals surface area contributed by atoms with E-state index in [0.717, 1.165) is 51.2 Å². The van der Waals surface area contributed by atoms with Crippen molar-refractivity contribution in [1.82, 2.24) is 9.80 Å². The van der Waals surface area contributed by atoms with Crippen molar-refractivity contribution in [3.63, 3.8) is 0 Å². The molecule has 2 aromatic rings. The Morgan fingerprint density at radius 2 is 1.40 bits per heavy atom. The second-order valence-electron chi connectivity index (χ2n) is 9.23. The predicted octanol–water partition coefficient (Wildman–Crippen LogP) is 5.08. The Balaban J connectivity index is 0.000000333. The molecule has 0 saturated carbocycles. The zero-order chi connectivity index (χ0) is 30.3. The maximum absolute atomic E-state index is 13.1. The number of ether oxygens (including phenoxy) is 1. The second kappa shape index (κ2) is 13.3. The minimum Gasteiger partial charge on any atom is -0.497 e. The van der Waals surface area contributed by atoms with E-state index in [1.165, 1.54) is 16.7 Å². The Morgan fingerprint density at radius 3 is 1.85 bits per heavy atom. The van der Waals surface area contributed by atoms with Gasteiger partial charge in [-0.3, -0.25) is 9.80 Å². The van der Waals surface area contributed by atoms with Crippen molar-refractivity contribution in [2.75, 3.05) is 33.8 Å². The van der Waals surface area contributed by atoms with Gasteiger partial charge in [-0.05, 0) is 67.3 Å². The SMILES string of the molecule is COc1ccc2c(c1)C1(CCN(Cc3ccc(F)cc3)CC1)N(C)CC2.O=C(O)C(F)(F)F.O=C(O)C(F)(F)F. The van der Waals surface area contributed by atoms with E-state index in [0.29, 0.717) is 0 Å². The van der Waals surface area contributed by atoms with Crippen LogP contribution in [0.5, 0.6) is 5.75 Å². The van der Waals surface area contributed by atoms with Crippen molar-refractivity contribution < 1.29 is 55.3 Å². The molecule has 2 aromatic carbocycles. The molecule has 0 bridgehead atoms. The van der Waals surface area contributed by atoms with E-state index in [9.17, 15) is 30.7 Å². The minimum atomic E-state index is -5.08. The number of carboxylic acid groups (broad SMARTS) is 2. The van der Waals surface area contributed by atoms with Crippen LogP contribution in [0.25, 0.3) is 0 Å². The molecule has 1 saturated heterocycles. The van der Waals surface area contributed by atoms with Gasteiger partial charge in [0, 0.05) is 31.7 Å². The molecular formula is C26H29F7N2O5. The van der Waals surface area contributed by atoms with E-state index in [4.69, 9.17) is 24.5 Å². The summed E-state index contributed by atoms with van der Waals surface area (Å²) in [7, 11) is 4.00. The number of methoxy groups -OCH3 is 1. The van der Waals surface area contributed by atoms with Gasteiger partial charge in [-0.1, -0.05) is 18.2 Å². The average Bonchev–Trinajstić information content (AvgIpc) is 2.88. The summed E-state index contributed by atoms with van der Waals surface area (Å²) in [5.74, 6) is -4.73. The maximum Gasteiger partial charge on any atom is 0.490 e. The van der Waals surface area contributed by atoms with Crippen LogP contribution in [0.15, 0.2) is 42.5 Å². The number of likely N-dealkylation sites (N-methyl/N-ethyl adjacent to an activating group) is 1. The van der Waals surface area contributed by atoms with Crippen LogP contribution in [0.1, 0.15) is 29.5 Å². The normalized spacial score (nSPS) is 17.0. The molecule has 2 aliphatic heterocycles. The molecule has 2 heterocycles. The number of carboxylic acids is 2. The van der Waals surface area contributed by atoms with Crippen molar-refractivity contribution in [2.24, 2.45) is 0 Å². The fourth-order valence-corrected chi connectivity index (χ4v) is 4.62. The highest BCUT2D eigenvalue weighted by molar-refractivity contribution is 5.73. The summed E-state index contributed by atoms with van der Waals surface area (Å²) < 4.78 is 82.1. The lowest BCUT2D eigenvalue weighted by atomic mass is 9.74. The zero-order valence-electron chi connectivity index (χ0n) is 21.7. The summed E-state index contributed by atoms with van der Waals surface area (Å²) in [6.07, 6.45) is -6.83. The van der Waals surface area contributed by atoms with Gasteiger partial charge in [0.2, 0.25) is 0 Å². The smallest absolute Gasteiger partial charge is 0.490 e. The third-order valence-corrected chi connectivity index (χ3v) is 6.75. The molecule has 222 valence electrons. The molecule has 40 heavy (non-hydrogen) atoms. The molecule has 4 rings (SSSR count). The van der Waals surface area contributed by atoms with E-state index < -0.39 is 24.3 Å². The number of carbonyl (C=O) groups is 2. The minimum absolute atomic E-state index is 0.113. The van der Waals surface area contributed by atoms with Crippen LogP contribution < -0.4 is 4.74 Å². The fraction of sp³-hybridized carbons (Fsp3) is 0.462.